The van der Waals surface area contributed by atoms with Gasteiger partial charge in [-0.15, -0.1) is 0 Å². The highest BCUT2D eigenvalue weighted by molar-refractivity contribution is 8.13. The largest absolute Gasteiger partial charge is 0.445 e. The topological polar surface area (TPSA) is 55.4 Å². The van der Waals surface area contributed by atoms with Crippen molar-refractivity contribution in [2.75, 3.05) is 0 Å². The van der Waals surface area contributed by atoms with E-state index in [-0.39, 0.29) is 17.6 Å². The van der Waals surface area contributed by atoms with E-state index in [1.54, 1.807) is 0 Å². The molecule has 2 aromatic rings. The van der Waals surface area contributed by atoms with Gasteiger partial charge in [0.25, 0.3) is 0 Å². The number of rotatable bonds is 6. The van der Waals surface area contributed by atoms with Crippen LogP contribution in [-0.4, -0.2) is 17.3 Å². The van der Waals surface area contributed by atoms with Crippen LogP contribution in [0.4, 0.5) is 4.79 Å². The Morgan fingerprint density at radius 3 is 2.28 bits per heavy atom. The fraction of sp³-hybridized carbons (Fsp3) is 0.300. The van der Waals surface area contributed by atoms with Gasteiger partial charge in [-0.05, 0) is 42.3 Å². The maximum Gasteiger partial charge on any atom is 0.408 e. The highest BCUT2D eigenvalue weighted by Crippen LogP contribution is 2.23. The van der Waals surface area contributed by atoms with E-state index in [1.807, 2.05) is 75.4 Å². The molecule has 1 atom stereocenters. The van der Waals surface area contributed by atoms with Crippen molar-refractivity contribution in [2.24, 2.45) is 5.92 Å². The van der Waals surface area contributed by atoms with Gasteiger partial charge >= 0.3 is 6.09 Å². The fourth-order valence-electron chi connectivity index (χ4n) is 2.18. The summed E-state index contributed by atoms with van der Waals surface area (Å²) in [4.78, 5) is 25.4. The third-order valence-electron chi connectivity index (χ3n) is 3.65. The van der Waals surface area contributed by atoms with Crippen molar-refractivity contribution in [3.8, 4) is 0 Å². The van der Waals surface area contributed by atoms with Gasteiger partial charge in [0.2, 0.25) is 5.12 Å². The number of carbonyl (C=O) groups excluding carboxylic acids is 2. The van der Waals surface area contributed by atoms with Crippen LogP contribution in [0.5, 0.6) is 0 Å². The van der Waals surface area contributed by atoms with Gasteiger partial charge in [0.1, 0.15) is 12.6 Å². The third-order valence-corrected chi connectivity index (χ3v) is 4.61. The number of carbonyl (C=O) groups is 2. The number of hydrogen-bond donors (Lipinski definition) is 1. The zero-order valence-electron chi connectivity index (χ0n) is 14.7. The minimum atomic E-state index is -0.602. The van der Waals surface area contributed by atoms with Crippen molar-refractivity contribution in [1.29, 1.82) is 0 Å². The lowest BCUT2D eigenvalue weighted by Gasteiger charge is -2.20. The van der Waals surface area contributed by atoms with Crippen LogP contribution in [0.3, 0.4) is 0 Å². The molecule has 0 aromatic heterocycles. The molecule has 25 heavy (non-hydrogen) atoms. The molecule has 0 aliphatic carbocycles. The summed E-state index contributed by atoms with van der Waals surface area (Å²) in [7, 11) is 0. The second kappa shape index (κ2) is 9.28. The molecule has 0 unspecified atom stereocenters. The number of alkyl carbamates (subject to hydrolysis) is 1. The lowest BCUT2D eigenvalue weighted by atomic mass is 10.1. The predicted molar refractivity (Wildman–Crippen MR) is 100 cm³/mol. The molecule has 1 amide bonds. The average molecular weight is 357 g/mol. The summed E-state index contributed by atoms with van der Waals surface area (Å²) in [5.74, 6) is -0.0327. The quantitative estimate of drug-likeness (QED) is 0.770. The minimum absolute atomic E-state index is 0.0327. The number of ether oxygens (including phenoxy) is 1. The molecule has 0 aliphatic rings. The van der Waals surface area contributed by atoms with Crippen molar-refractivity contribution in [3.05, 3.63) is 65.7 Å². The molecule has 0 aliphatic heterocycles. The second-order valence-electron chi connectivity index (χ2n) is 6.16. The van der Waals surface area contributed by atoms with Crippen LogP contribution in [0.2, 0.25) is 0 Å². The summed E-state index contributed by atoms with van der Waals surface area (Å²) in [6.45, 7) is 5.97. The second-order valence-corrected chi connectivity index (χ2v) is 7.24. The molecule has 0 radical (unpaired) electrons. The standard InChI is InChI=1S/C20H23NO3S/c1-14(2)18(19(22)25-17-11-9-15(3)10-12-17)21-20(23)24-13-16-7-5-4-6-8-16/h4-12,14,18H,13H2,1-3H3,(H,21,23)/t18-/m0/s1. The zero-order chi connectivity index (χ0) is 18.2. The van der Waals surface area contributed by atoms with Crippen LogP contribution in [0.1, 0.15) is 25.0 Å². The van der Waals surface area contributed by atoms with Gasteiger partial charge in [-0.3, -0.25) is 4.79 Å². The molecule has 0 bridgehead atoms. The molecule has 5 heteroatoms. The number of benzene rings is 2. The minimum Gasteiger partial charge on any atom is -0.445 e. The monoisotopic (exact) mass is 357 g/mol. The molecule has 0 spiro atoms. The van der Waals surface area contributed by atoms with E-state index >= 15 is 0 Å². The van der Waals surface area contributed by atoms with Crippen LogP contribution < -0.4 is 5.32 Å². The van der Waals surface area contributed by atoms with Gasteiger partial charge in [0.05, 0.1) is 0 Å². The van der Waals surface area contributed by atoms with Gasteiger partial charge in [0, 0.05) is 4.90 Å². The molecule has 0 fully saturated rings. The maximum atomic E-state index is 12.5. The molecule has 0 saturated carbocycles. The average Bonchev–Trinajstić information content (AvgIpc) is 2.60. The number of aryl methyl sites for hydroxylation is 1. The van der Waals surface area contributed by atoms with E-state index in [0.717, 1.165) is 27.8 Å². The van der Waals surface area contributed by atoms with Crippen molar-refractivity contribution < 1.29 is 14.3 Å². The number of nitrogens with one attached hydrogen (secondary N) is 1. The summed E-state index contributed by atoms with van der Waals surface area (Å²) in [6.07, 6.45) is -0.583. The van der Waals surface area contributed by atoms with Crippen LogP contribution in [0.15, 0.2) is 59.5 Å². The number of hydrogen-bond acceptors (Lipinski definition) is 4. The van der Waals surface area contributed by atoms with Gasteiger partial charge < -0.3 is 10.1 Å². The fourth-order valence-corrected chi connectivity index (χ4v) is 3.14. The van der Waals surface area contributed by atoms with Crippen molar-refractivity contribution >= 4 is 23.0 Å². The van der Waals surface area contributed by atoms with Gasteiger partial charge in [-0.1, -0.05) is 61.9 Å². The van der Waals surface area contributed by atoms with E-state index in [1.165, 1.54) is 0 Å². The van der Waals surface area contributed by atoms with Gasteiger partial charge in [-0.2, -0.15) is 0 Å². The Morgan fingerprint density at radius 2 is 1.68 bits per heavy atom. The number of thioether (sulfide) groups is 1. The lowest BCUT2D eigenvalue weighted by Crippen LogP contribution is -2.43. The van der Waals surface area contributed by atoms with Crippen LogP contribution in [0.25, 0.3) is 0 Å². The lowest BCUT2D eigenvalue weighted by molar-refractivity contribution is -0.113. The van der Waals surface area contributed by atoms with Crippen molar-refractivity contribution in [3.63, 3.8) is 0 Å². The third kappa shape index (κ3) is 6.27. The predicted octanol–water partition coefficient (Wildman–Crippen LogP) is 4.56. The Kier molecular flexibility index (Phi) is 7.07. The first kappa shape index (κ1) is 19.1. The van der Waals surface area contributed by atoms with Gasteiger partial charge in [-0.25, -0.2) is 4.79 Å². The maximum absolute atomic E-state index is 12.5. The molecule has 1 N–H and O–H groups in total. The first-order valence-electron chi connectivity index (χ1n) is 8.21. The molecule has 0 heterocycles. The van der Waals surface area contributed by atoms with Crippen molar-refractivity contribution in [1.82, 2.24) is 5.32 Å². The Hall–Kier alpha value is -2.27. The summed E-state index contributed by atoms with van der Waals surface area (Å²) >= 11 is 1.14. The summed E-state index contributed by atoms with van der Waals surface area (Å²) in [6, 6.07) is 16.6. The van der Waals surface area contributed by atoms with E-state index in [9.17, 15) is 9.59 Å². The van der Waals surface area contributed by atoms with Crippen LogP contribution in [0, 0.1) is 12.8 Å². The van der Waals surface area contributed by atoms with E-state index < -0.39 is 12.1 Å². The molecule has 2 rings (SSSR count). The highest BCUT2D eigenvalue weighted by Gasteiger charge is 2.25. The molecule has 132 valence electrons. The van der Waals surface area contributed by atoms with Crippen molar-refractivity contribution in [2.45, 2.75) is 38.3 Å². The molecular formula is C20H23NO3S. The first-order valence-corrected chi connectivity index (χ1v) is 9.03. The SMILES string of the molecule is Cc1ccc(SC(=O)[C@@H](NC(=O)OCc2ccccc2)C(C)C)cc1. The first-order chi connectivity index (χ1) is 12.0. The van der Waals surface area contributed by atoms with E-state index in [0.29, 0.717) is 0 Å². The molecule has 0 saturated heterocycles. The Bertz CT molecular complexity index is 699. The van der Waals surface area contributed by atoms with Crippen LogP contribution in [-0.2, 0) is 16.1 Å². The summed E-state index contributed by atoms with van der Waals surface area (Å²) in [5.41, 5.74) is 2.04. The summed E-state index contributed by atoms with van der Waals surface area (Å²) < 4.78 is 5.21. The zero-order valence-corrected chi connectivity index (χ0v) is 15.5. The number of amides is 1. The normalized spacial score (nSPS) is 11.8. The molecule has 4 nitrogen and oxygen atoms in total. The smallest absolute Gasteiger partial charge is 0.408 e. The highest BCUT2D eigenvalue weighted by atomic mass is 32.2. The Morgan fingerprint density at radius 1 is 1.04 bits per heavy atom. The Labute approximate surface area is 153 Å². The Balaban J connectivity index is 1.91. The van der Waals surface area contributed by atoms with E-state index in [2.05, 4.69) is 5.32 Å². The summed E-state index contributed by atoms with van der Waals surface area (Å²) in [5, 5.41) is 2.59. The molecule has 2 aromatic carbocycles. The van der Waals surface area contributed by atoms with Crippen LogP contribution >= 0.6 is 11.8 Å². The van der Waals surface area contributed by atoms with Gasteiger partial charge in [0.15, 0.2) is 0 Å². The molecular weight excluding hydrogens is 334 g/mol. The van der Waals surface area contributed by atoms with E-state index in [4.69, 9.17) is 4.74 Å².